The molecule has 1 rings (SSSR count). The minimum Gasteiger partial charge on any atom is -0.481 e. The van der Waals surface area contributed by atoms with E-state index in [9.17, 15) is 14.7 Å². The smallest absolute Gasteiger partial charge is 0.481 e. The highest BCUT2D eigenvalue weighted by Crippen LogP contribution is 2.23. The predicted molar refractivity (Wildman–Crippen MR) is 108 cm³/mol. The van der Waals surface area contributed by atoms with Crippen LogP contribution in [0.3, 0.4) is 0 Å². The zero-order chi connectivity index (χ0) is 21.0. The van der Waals surface area contributed by atoms with Crippen LogP contribution in [0.15, 0.2) is 30.3 Å². The Balaban J connectivity index is 2.99. The first-order valence-electron chi connectivity index (χ1n) is 9.57. The molecule has 2 N–H and O–H groups in total. The van der Waals surface area contributed by atoms with E-state index in [1.807, 2.05) is 26.8 Å². The number of carbonyl (C=O) groups is 2. The van der Waals surface area contributed by atoms with Crippen molar-refractivity contribution in [1.29, 1.82) is 0 Å². The molecule has 0 aliphatic rings. The van der Waals surface area contributed by atoms with E-state index in [1.165, 1.54) is 0 Å². The molecule has 0 fully saturated rings. The van der Waals surface area contributed by atoms with Crippen molar-refractivity contribution in [3.05, 3.63) is 30.3 Å². The van der Waals surface area contributed by atoms with Crippen LogP contribution in [0.4, 0.5) is 5.69 Å². The number of carboxylic acids is 2. The van der Waals surface area contributed by atoms with Crippen LogP contribution in [-0.4, -0.2) is 63.4 Å². The van der Waals surface area contributed by atoms with Crippen molar-refractivity contribution in [2.24, 2.45) is 0 Å². The highest BCUT2D eigenvalue weighted by Gasteiger charge is 2.40. The summed E-state index contributed by atoms with van der Waals surface area (Å²) in [6.07, 6.45) is 0.0553. The molecule has 0 saturated heterocycles. The Kier molecular flexibility index (Phi) is 10.8. The summed E-state index contributed by atoms with van der Waals surface area (Å²) < 4.78 is 17.5. The molecule has 1 aromatic rings. The number of para-hydroxylation sites is 1. The number of carboxylic acid groups (broad SMARTS) is 2. The molecule has 1 atom stereocenters. The van der Waals surface area contributed by atoms with Crippen molar-refractivity contribution in [2.75, 3.05) is 31.3 Å². The molecule has 1 unspecified atom stereocenters. The fourth-order valence-corrected chi connectivity index (χ4v) is 5.64. The Labute approximate surface area is 167 Å². The molecule has 0 saturated carbocycles. The Morgan fingerprint density at radius 1 is 1.00 bits per heavy atom. The van der Waals surface area contributed by atoms with E-state index < -0.39 is 33.2 Å². The summed E-state index contributed by atoms with van der Waals surface area (Å²) in [5.74, 6) is -2.33. The third kappa shape index (κ3) is 7.59. The van der Waals surface area contributed by atoms with E-state index in [0.717, 1.165) is 0 Å². The van der Waals surface area contributed by atoms with E-state index in [0.29, 0.717) is 44.5 Å². The van der Waals surface area contributed by atoms with E-state index >= 15 is 0 Å². The zero-order valence-corrected chi connectivity index (χ0v) is 17.8. The number of nitrogens with zero attached hydrogens (tertiary/aromatic N) is 1. The first-order chi connectivity index (χ1) is 13.4. The van der Waals surface area contributed by atoms with E-state index in [1.54, 1.807) is 29.2 Å². The third-order valence-electron chi connectivity index (χ3n) is 4.09. The molecular weight excluding hydrogens is 382 g/mol. The lowest BCUT2D eigenvalue weighted by Crippen LogP contribution is -2.48. The monoisotopic (exact) mass is 413 g/mol. The molecule has 0 aromatic heterocycles. The Hall–Kier alpha value is -1.94. The fraction of sp³-hybridized carbons (Fsp3) is 0.579. The van der Waals surface area contributed by atoms with Gasteiger partial charge in [0.15, 0.2) is 0 Å². The predicted octanol–water partition coefficient (Wildman–Crippen LogP) is 2.86. The maximum absolute atomic E-state index is 11.7. The molecule has 0 heterocycles. The van der Waals surface area contributed by atoms with Gasteiger partial charge in [-0.1, -0.05) is 18.2 Å². The van der Waals surface area contributed by atoms with Crippen LogP contribution in [0.2, 0.25) is 6.04 Å². The number of anilines is 1. The second kappa shape index (κ2) is 12.5. The fourth-order valence-electron chi connectivity index (χ4n) is 3.05. The van der Waals surface area contributed by atoms with Crippen molar-refractivity contribution < 1.29 is 33.1 Å². The molecular formula is C19H31NO7Si. The Bertz CT molecular complexity index is 582. The molecule has 1 aromatic carbocycles. The van der Waals surface area contributed by atoms with Gasteiger partial charge in [0, 0.05) is 38.1 Å². The lowest BCUT2D eigenvalue weighted by atomic mass is 10.1. The standard InChI is InChI=1S/C19H31NO7Si/c1-4-25-28(26-5-2,27-6-3)14-10-13-20(16-11-8-7-9-12-16)17(19(23)24)15-18(21)22/h7-9,11-12,17H,4-6,10,13-15H2,1-3H3,(H,21,22)(H,23,24). The van der Waals surface area contributed by atoms with Crippen molar-refractivity contribution in [3.63, 3.8) is 0 Å². The van der Waals surface area contributed by atoms with Crippen LogP contribution < -0.4 is 4.90 Å². The third-order valence-corrected chi connectivity index (χ3v) is 7.24. The van der Waals surface area contributed by atoms with Crippen LogP contribution in [0, 0.1) is 0 Å². The summed E-state index contributed by atoms with van der Waals surface area (Å²) in [5, 5.41) is 18.7. The minimum atomic E-state index is -2.85. The van der Waals surface area contributed by atoms with Crippen molar-refractivity contribution in [3.8, 4) is 0 Å². The Morgan fingerprint density at radius 3 is 1.96 bits per heavy atom. The molecule has 28 heavy (non-hydrogen) atoms. The summed E-state index contributed by atoms with van der Waals surface area (Å²) in [5.41, 5.74) is 0.660. The molecule has 158 valence electrons. The van der Waals surface area contributed by atoms with Crippen LogP contribution in [-0.2, 0) is 22.9 Å². The van der Waals surface area contributed by atoms with Crippen molar-refractivity contribution in [1.82, 2.24) is 0 Å². The maximum atomic E-state index is 11.7. The topological polar surface area (TPSA) is 106 Å². The number of benzene rings is 1. The zero-order valence-electron chi connectivity index (χ0n) is 16.8. The van der Waals surface area contributed by atoms with Gasteiger partial charge in [-0.05, 0) is 39.3 Å². The van der Waals surface area contributed by atoms with Crippen LogP contribution >= 0.6 is 0 Å². The first-order valence-corrected chi connectivity index (χ1v) is 11.5. The second-order valence-electron chi connectivity index (χ2n) is 6.07. The molecule has 8 nitrogen and oxygen atoms in total. The molecule has 0 aliphatic carbocycles. The van der Waals surface area contributed by atoms with Gasteiger partial charge in [-0.3, -0.25) is 4.79 Å². The van der Waals surface area contributed by atoms with Crippen molar-refractivity contribution in [2.45, 2.75) is 45.7 Å². The summed E-state index contributed by atoms with van der Waals surface area (Å²) in [7, 11) is -2.85. The quantitative estimate of drug-likeness (QED) is 0.423. The van der Waals surface area contributed by atoms with Crippen LogP contribution in [0.25, 0.3) is 0 Å². The largest absolute Gasteiger partial charge is 0.500 e. The lowest BCUT2D eigenvalue weighted by Gasteiger charge is -2.32. The minimum absolute atomic E-state index is 0.343. The summed E-state index contributed by atoms with van der Waals surface area (Å²) in [4.78, 5) is 24.6. The summed E-state index contributed by atoms with van der Waals surface area (Å²) in [6.45, 7) is 7.37. The molecule has 0 amide bonds. The number of rotatable bonds is 15. The van der Waals surface area contributed by atoms with Gasteiger partial charge in [0.25, 0.3) is 0 Å². The van der Waals surface area contributed by atoms with E-state index in [2.05, 4.69) is 0 Å². The number of aliphatic carboxylic acids is 2. The lowest BCUT2D eigenvalue weighted by molar-refractivity contribution is -0.145. The number of hydrogen-bond donors (Lipinski definition) is 2. The van der Waals surface area contributed by atoms with Gasteiger partial charge in [-0.2, -0.15) is 0 Å². The Morgan fingerprint density at radius 2 is 1.54 bits per heavy atom. The highest BCUT2D eigenvalue weighted by atomic mass is 28.4. The molecule has 9 heteroatoms. The number of hydrogen-bond acceptors (Lipinski definition) is 6. The van der Waals surface area contributed by atoms with Crippen LogP contribution in [0.1, 0.15) is 33.6 Å². The van der Waals surface area contributed by atoms with Gasteiger partial charge < -0.3 is 28.4 Å². The van der Waals surface area contributed by atoms with Gasteiger partial charge in [0.2, 0.25) is 0 Å². The van der Waals surface area contributed by atoms with Gasteiger partial charge in [0.1, 0.15) is 6.04 Å². The molecule has 0 spiro atoms. The highest BCUT2D eigenvalue weighted by molar-refractivity contribution is 6.60. The molecule has 0 aliphatic heterocycles. The summed E-state index contributed by atoms with van der Waals surface area (Å²) >= 11 is 0. The van der Waals surface area contributed by atoms with Gasteiger partial charge in [-0.15, -0.1) is 0 Å². The second-order valence-corrected chi connectivity index (χ2v) is 8.80. The summed E-state index contributed by atoms with van der Waals surface area (Å²) in [6, 6.07) is 8.31. The maximum Gasteiger partial charge on any atom is 0.500 e. The first kappa shape index (κ1) is 24.1. The van der Waals surface area contributed by atoms with Gasteiger partial charge in [-0.25, -0.2) is 4.79 Å². The SMILES string of the molecule is CCO[Si](CCCN(c1ccccc1)C(CC(=O)O)C(=O)O)(OCC)OCC. The molecule has 0 radical (unpaired) electrons. The molecule has 0 bridgehead atoms. The normalized spacial score (nSPS) is 12.5. The van der Waals surface area contributed by atoms with E-state index in [4.69, 9.17) is 18.4 Å². The van der Waals surface area contributed by atoms with Gasteiger partial charge in [0.05, 0.1) is 6.42 Å². The average Bonchev–Trinajstić information content (AvgIpc) is 2.65. The van der Waals surface area contributed by atoms with E-state index in [-0.39, 0.29) is 0 Å². The van der Waals surface area contributed by atoms with Gasteiger partial charge >= 0.3 is 20.7 Å². The average molecular weight is 414 g/mol. The van der Waals surface area contributed by atoms with Crippen LogP contribution in [0.5, 0.6) is 0 Å². The van der Waals surface area contributed by atoms with Crippen molar-refractivity contribution >= 4 is 26.4 Å².